The van der Waals surface area contributed by atoms with Crippen LogP contribution in [0, 0.1) is 0 Å². The van der Waals surface area contributed by atoms with Crippen LogP contribution in [-0.2, 0) is 22.4 Å². The molecule has 0 radical (unpaired) electrons. The van der Waals surface area contributed by atoms with Gasteiger partial charge in [-0.25, -0.2) is 4.79 Å². The van der Waals surface area contributed by atoms with Crippen molar-refractivity contribution in [1.82, 2.24) is 0 Å². The summed E-state index contributed by atoms with van der Waals surface area (Å²) in [6.07, 6.45) is -1.99. The number of carbonyl (C=O) groups is 2. The van der Waals surface area contributed by atoms with Crippen molar-refractivity contribution in [2.45, 2.75) is 38.8 Å². The Morgan fingerprint density at radius 1 is 1.29 bits per heavy atom. The summed E-state index contributed by atoms with van der Waals surface area (Å²) in [5, 5.41) is 1.84. The number of esters is 1. The fourth-order valence-electron chi connectivity index (χ4n) is 2.22. The molecule has 21 heavy (non-hydrogen) atoms. The Morgan fingerprint density at radius 3 is 2.57 bits per heavy atom. The fraction of sp³-hybridized carbons (Fsp3) is 0.538. The van der Waals surface area contributed by atoms with Crippen LogP contribution >= 0.6 is 11.3 Å². The zero-order valence-corrected chi connectivity index (χ0v) is 12.1. The van der Waals surface area contributed by atoms with Gasteiger partial charge in [0.1, 0.15) is 4.88 Å². The molecule has 0 saturated carbocycles. The number of halogens is 3. The Hall–Kier alpha value is -1.57. The maximum Gasteiger partial charge on any atom is 0.471 e. The highest BCUT2D eigenvalue weighted by Crippen LogP contribution is 2.39. The molecule has 1 amide bonds. The van der Waals surface area contributed by atoms with Crippen LogP contribution in [0.3, 0.4) is 0 Å². The van der Waals surface area contributed by atoms with Gasteiger partial charge in [-0.15, -0.1) is 11.3 Å². The molecule has 1 heterocycles. The summed E-state index contributed by atoms with van der Waals surface area (Å²) in [5.74, 6) is -2.77. The molecule has 1 aromatic rings. The van der Waals surface area contributed by atoms with Gasteiger partial charge >= 0.3 is 18.1 Å². The lowest BCUT2D eigenvalue weighted by atomic mass is 9.97. The third-order valence-corrected chi connectivity index (χ3v) is 4.40. The third-order valence-electron chi connectivity index (χ3n) is 3.13. The lowest BCUT2D eigenvalue weighted by molar-refractivity contribution is -0.167. The van der Waals surface area contributed by atoms with Crippen molar-refractivity contribution >= 4 is 28.9 Å². The third kappa shape index (κ3) is 3.37. The molecule has 0 aliphatic heterocycles. The standard InChI is InChI=1S/C13H14F3NO3S/c1-2-20-11(18)10-9(17-12(19)13(14,15)16)7-5-3-4-6-8(7)21-10/h2-6H2,1H3,(H,17,19). The molecule has 1 aromatic heterocycles. The Bertz CT molecular complexity index is 566. The minimum atomic E-state index is -4.99. The first kappa shape index (κ1) is 15.8. The summed E-state index contributed by atoms with van der Waals surface area (Å²) < 4.78 is 42.1. The number of carbonyl (C=O) groups excluding carboxylic acids is 2. The second-order valence-electron chi connectivity index (χ2n) is 4.59. The van der Waals surface area contributed by atoms with Crippen molar-refractivity contribution in [2.24, 2.45) is 0 Å². The quantitative estimate of drug-likeness (QED) is 0.869. The Morgan fingerprint density at radius 2 is 1.95 bits per heavy atom. The molecular formula is C13H14F3NO3S. The van der Waals surface area contributed by atoms with E-state index in [1.54, 1.807) is 6.92 Å². The van der Waals surface area contributed by atoms with E-state index in [1.165, 1.54) is 0 Å². The number of amides is 1. The van der Waals surface area contributed by atoms with Crippen molar-refractivity contribution in [3.8, 4) is 0 Å². The van der Waals surface area contributed by atoms with E-state index in [9.17, 15) is 22.8 Å². The maximum absolute atomic E-state index is 12.4. The van der Waals surface area contributed by atoms with Crippen LogP contribution in [0.15, 0.2) is 0 Å². The van der Waals surface area contributed by atoms with Crippen LogP contribution in [0.2, 0.25) is 0 Å². The summed E-state index contributed by atoms with van der Waals surface area (Å²) in [4.78, 5) is 23.9. The van der Waals surface area contributed by atoms with Crippen molar-refractivity contribution in [2.75, 3.05) is 11.9 Å². The number of fused-ring (bicyclic) bond motifs is 1. The first-order chi connectivity index (χ1) is 9.84. The topological polar surface area (TPSA) is 55.4 Å². The van der Waals surface area contributed by atoms with Gasteiger partial charge in [-0.3, -0.25) is 4.79 Å². The lowest BCUT2D eigenvalue weighted by Gasteiger charge is -2.14. The molecule has 0 bridgehead atoms. The van der Waals surface area contributed by atoms with Gasteiger partial charge in [-0.2, -0.15) is 13.2 Å². The molecule has 8 heteroatoms. The van der Waals surface area contributed by atoms with Crippen molar-refractivity contribution < 1.29 is 27.5 Å². The highest BCUT2D eigenvalue weighted by molar-refractivity contribution is 7.14. The average molecular weight is 321 g/mol. The van der Waals surface area contributed by atoms with Gasteiger partial charge in [0.05, 0.1) is 12.3 Å². The highest BCUT2D eigenvalue weighted by Gasteiger charge is 2.40. The number of ether oxygens (including phenoxy) is 1. The van der Waals surface area contributed by atoms with E-state index in [0.717, 1.165) is 29.1 Å². The first-order valence-corrected chi connectivity index (χ1v) is 7.36. The molecular weight excluding hydrogens is 307 g/mol. The van der Waals surface area contributed by atoms with Crippen molar-refractivity contribution in [1.29, 1.82) is 0 Å². The zero-order chi connectivity index (χ0) is 15.6. The number of hydrogen-bond donors (Lipinski definition) is 1. The smallest absolute Gasteiger partial charge is 0.462 e. The van der Waals surface area contributed by atoms with E-state index in [0.29, 0.717) is 18.4 Å². The molecule has 0 unspecified atom stereocenters. The molecule has 0 spiro atoms. The van der Waals surface area contributed by atoms with Gasteiger partial charge in [0.2, 0.25) is 0 Å². The average Bonchev–Trinajstić information content (AvgIpc) is 2.77. The number of rotatable bonds is 3. The molecule has 0 saturated heterocycles. The highest BCUT2D eigenvalue weighted by atomic mass is 32.1. The summed E-state index contributed by atoms with van der Waals surface area (Å²) >= 11 is 1.11. The SMILES string of the molecule is CCOC(=O)c1sc2c(c1NC(=O)C(F)(F)F)CCCC2. The van der Waals surface area contributed by atoms with E-state index in [1.807, 2.05) is 5.32 Å². The first-order valence-electron chi connectivity index (χ1n) is 6.54. The van der Waals surface area contributed by atoms with Gasteiger partial charge < -0.3 is 10.1 Å². The molecule has 1 aliphatic rings. The lowest BCUT2D eigenvalue weighted by Crippen LogP contribution is -2.31. The molecule has 116 valence electrons. The van der Waals surface area contributed by atoms with Crippen LogP contribution < -0.4 is 5.32 Å². The molecule has 0 fully saturated rings. The molecule has 0 aromatic carbocycles. The minimum absolute atomic E-state index is 0.0320. The summed E-state index contributed by atoms with van der Waals surface area (Å²) in [6.45, 7) is 1.73. The molecule has 0 atom stereocenters. The normalized spacial score (nSPS) is 14.5. The maximum atomic E-state index is 12.4. The van der Waals surface area contributed by atoms with E-state index >= 15 is 0 Å². The number of hydrogen-bond acceptors (Lipinski definition) is 4. The minimum Gasteiger partial charge on any atom is -0.462 e. The van der Waals surface area contributed by atoms with Crippen LogP contribution in [0.25, 0.3) is 0 Å². The van der Waals surface area contributed by atoms with E-state index in [2.05, 4.69) is 0 Å². The fourth-order valence-corrected chi connectivity index (χ4v) is 3.46. The van der Waals surface area contributed by atoms with E-state index < -0.39 is 18.1 Å². The van der Waals surface area contributed by atoms with Crippen LogP contribution in [0.4, 0.5) is 18.9 Å². The largest absolute Gasteiger partial charge is 0.471 e. The summed E-state index contributed by atoms with van der Waals surface area (Å²) in [5.41, 5.74) is 0.599. The van der Waals surface area contributed by atoms with E-state index in [-0.39, 0.29) is 17.2 Å². The predicted octanol–water partition coefficient (Wildman–Crippen LogP) is 3.30. The van der Waals surface area contributed by atoms with Gasteiger partial charge in [0.15, 0.2) is 0 Å². The van der Waals surface area contributed by atoms with Crippen LogP contribution in [0.1, 0.15) is 39.9 Å². The van der Waals surface area contributed by atoms with Gasteiger partial charge in [-0.05, 0) is 38.2 Å². The van der Waals surface area contributed by atoms with Crippen LogP contribution in [-0.4, -0.2) is 24.7 Å². The number of alkyl halides is 3. The number of aryl methyl sites for hydroxylation is 1. The monoisotopic (exact) mass is 321 g/mol. The number of anilines is 1. The number of nitrogens with one attached hydrogen (secondary N) is 1. The Balaban J connectivity index is 2.38. The molecule has 4 nitrogen and oxygen atoms in total. The van der Waals surface area contributed by atoms with E-state index in [4.69, 9.17) is 4.74 Å². The van der Waals surface area contributed by atoms with Crippen molar-refractivity contribution in [3.63, 3.8) is 0 Å². The van der Waals surface area contributed by atoms with Crippen molar-refractivity contribution in [3.05, 3.63) is 15.3 Å². The second-order valence-corrected chi connectivity index (χ2v) is 5.69. The van der Waals surface area contributed by atoms with Gasteiger partial charge in [-0.1, -0.05) is 0 Å². The summed E-state index contributed by atoms with van der Waals surface area (Å²) in [6, 6.07) is 0. The molecule has 1 N–H and O–H groups in total. The molecule has 1 aliphatic carbocycles. The van der Waals surface area contributed by atoms with Gasteiger partial charge in [0, 0.05) is 4.88 Å². The Kier molecular flexibility index (Phi) is 4.55. The number of thiophene rings is 1. The zero-order valence-electron chi connectivity index (χ0n) is 11.3. The molecule has 2 rings (SSSR count). The van der Waals surface area contributed by atoms with Gasteiger partial charge in [0.25, 0.3) is 0 Å². The second kappa shape index (κ2) is 6.05. The van der Waals surface area contributed by atoms with Crippen LogP contribution in [0.5, 0.6) is 0 Å². The Labute approximate surface area is 123 Å². The predicted molar refractivity (Wildman–Crippen MR) is 71.6 cm³/mol. The summed E-state index contributed by atoms with van der Waals surface area (Å²) in [7, 11) is 0.